The lowest BCUT2D eigenvalue weighted by Gasteiger charge is -2.06. The SMILES string of the molecule is Cc1c(C(=O)O)sc2ncnc(NCCCS(C)=O)c12. The van der Waals surface area contributed by atoms with Crippen LogP contribution in [0.25, 0.3) is 10.2 Å². The Kier molecular flexibility index (Phi) is 4.66. The molecule has 0 fully saturated rings. The number of carboxylic acid groups (broad SMARTS) is 1. The summed E-state index contributed by atoms with van der Waals surface area (Å²) >= 11 is 1.15. The third kappa shape index (κ3) is 3.13. The molecule has 20 heavy (non-hydrogen) atoms. The van der Waals surface area contributed by atoms with Gasteiger partial charge >= 0.3 is 5.97 Å². The van der Waals surface area contributed by atoms with Gasteiger partial charge in [0.1, 0.15) is 21.9 Å². The number of hydrogen-bond donors (Lipinski definition) is 2. The molecule has 0 aromatic carbocycles. The molecule has 8 heteroatoms. The zero-order chi connectivity index (χ0) is 14.7. The maximum Gasteiger partial charge on any atom is 0.346 e. The van der Waals surface area contributed by atoms with Crippen LogP contribution in [-0.2, 0) is 10.8 Å². The highest BCUT2D eigenvalue weighted by Gasteiger charge is 2.18. The number of nitrogens with one attached hydrogen (secondary N) is 1. The van der Waals surface area contributed by atoms with Crippen molar-refractivity contribution in [2.45, 2.75) is 13.3 Å². The molecule has 2 rings (SSSR count). The Balaban J connectivity index is 2.25. The summed E-state index contributed by atoms with van der Waals surface area (Å²) in [6.07, 6.45) is 3.86. The van der Waals surface area contributed by atoms with Crippen LogP contribution in [0.5, 0.6) is 0 Å². The van der Waals surface area contributed by atoms with E-state index >= 15 is 0 Å². The van der Waals surface area contributed by atoms with E-state index in [9.17, 15) is 9.00 Å². The van der Waals surface area contributed by atoms with Crippen molar-refractivity contribution in [2.75, 3.05) is 23.9 Å². The topological polar surface area (TPSA) is 92.2 Å². The number of rotatable bonds is 6. The Morgan fingerprint density at radius 1 is 1.50 bits per heavy atom. The van der Waals surface area contributed by atoms with Gasteiger partial charge in [-0.3, -0.25) is 4.21 Å². The number of thiophene rings is 1. The molecule has 0 radical (unpaired) electrons. The maximum atomic E-state index is 11.1. The van der Waals surface area contributed by atoms with Crippen LogP contribution in [0.3, 0.4) is 0 Å². The molecule has 6 nitrogen and oxygen atoms in total. The Morgan fingerprint density at radius 3 is 2.90 bits per heavy atom. The molecule has 1 unspecified atom stereocenters. The van der Waals surface area contributed by atoms with Crippen molar-refractivity contribution in [3.05, 3.63) is 16.8 Å². The van der Waals surface area contributed by atoms with Gasteiger partial charge in [0.15, 0.2) is 0 Å². The second-order valence-electron chi connectivity index (χ2n) is 4.32. The smallest absolute Gasteiger partial charge is 0.346 e. The summed E-state index contributed by atoms with van der Waals surface area (Å²) in [7, 11) is -0.805. The largest absolute Gasteiger partial charge is 0.477 e. The van der Waals surface area contributed by atoms with Crippen LogP contribution in [0.4, 0.5) is 5.82 Å². The van der Waals surface area contributed by atoms with Crippen molar-refractivity contribution >= 4 is 44.1 Å². The number of hydrogen-bond acceptors (Lipinski definition) is 6. The van der Waals surface area contributed by atoms with Crippen molar-refractivity contribution in [3.8, 4) is 0 Å². The van der Waals surface area contributed by atoms with Gasteiger partial charge in [-0.25, -0.2) is 14.8 Å². The van der Waals surface area contributed by atoms with Crippen LogP contribution in [0.2, 0.25) is 0 Å². The van der Waals surface area contributed by atoms with Gasteiger partial charge in [-0.2, -0.15) is 0 Å². The van der Waals surface area contributed by atoms with Crippen molar-refractivity contribution in [1.29, 1.82) is 0 Å². The van der Waals surface area contributed by atoms with Gasteiger partial charge in [-0.1, -0.05) is 0 Å². The molecule has 0 saturated heterocycles. The molecule has 2 aromatic heterocycles. The Hall–Kier alpha value is -1.54. The number of nitrogens with zero attached hydrogens (tertiary/aromatic N) is 2. The van der Waals surface area contributed by atoms with E-state index in [1.807, 2.05) is 0 Å². The predicted molar refractivity (Wildman–Crippen MR) is 81.2 cm³/mol. The Bertz CT molecular complexity index is 669. The molecule has 1 atom stereocenters. The molecule has 0 saturated carbocycles. The number of carboxylic acids is 1. The minimum absolute atomic E-state index is 0.290. The van der Waals surface area contributed by atoms with Crippen LogP contribution < -0.4 is 5.32 Å². The molecule has 0 spiro atoms. The van der Waals surface area contributed by atoms with Gasteiger partial charge in [0.05, 0.1) is 5.39 Å². The monoisotopic (exact) mass is 313 g/mol. The molecule has 2 N–H and O–H groups in total. The minimum atomic E-state index is -0.946. The van der Waals surface area contributed by atoms with Crippen molar-refractivity contribution in [3.63, 3.8) is 0 Å². The maximum absolute atomic E-state index is 11.1. The highest BCUT2D eigenvalue weighted by molar-refractivity contribution is 7.84. The van der Waals surface area contributed by atoms with E-state index in [2.05, 4.69) is 15.3 Å². The number of aromatic carboxylic acids is 1. The fourth-order valence-corrected chi connectivity index (χ4v) is 3.43. The summed E-state index contributed by atoms with van der Waals surface area (Å²) in [6, 6.07) is 0. The van der Waals surface area contributed by atoms with E-state index in [-0.39, 0.29) is 0 Å². The van der Waals surface area contributed by atoms with E-state index in [0.717, 1.165) is 23.1 Å². The fraction of sp³-hybridized carbons (Fsp3) is 0.417. The van der Waals surface area contributed by atoms with E-state index in [1.54, 1.807) is 13.2 Å². The first kappa shape index (κ1) is 14.9. The molecule has 2 aromatic rings. The molecule has 0 aliphatic heterocycles. The molecule has 0 aliphatic rings. The van der Waals surface area contributed by atoms with Gasteiger partial charge in [0.2, 0.25) is 0 Å². The average Bonchev–Trinajstić information content (AvgIpc) is 2.73. The van der Waals surface area contributed by atoms with Gasteiger partial charge in [-0.05, 0) is 18.9 Å². The van der Waals surface area contributed by atoms with E-state index in [1.165, 1.54) is 6.33 Å². The molecule has 2 heterocycles. The molecule has 0 aliphatic carbocycles. The number of aromatic nitrogens is 2. The Labute approximate surface area is 122 Å². The van der Waals surface area contributed by atoms with E-state index < -0.39 is 16.8 Å². The number of carbonyl (C=O) groups is 1. The third-order valence-corrected chi connectivity index (χ3v) is 4.87. The van der Waals surface area contributed by atoms with Gasteiger partial charge in [-0.15, -0.1) is 11.3 Å². The molecular formula is C12H15N3O3S2. The zero-order valence-corrected chi connectivity index (χ0v) is 12.8. The van der Waals surface area contributed by atoms with Gasteiger partial charge in [0, 0.05) is 29.4 Å². The van der Waals surface area contributed by atoms with Crippen LogP contribution in [0.1, 0.15) is 21.7 Å². The number of fused-ring (bicyclic) bond motifs is 1. The van der Waals surface area contributed by atoms with Crippen molar-refractivity contribution < 1.29 is 14.1 Å². The van der Waals surface area contributed by atoms with Crippen LogP contribution in [-0.4, -0.2) is 43.8 Å². The number of anilines is 1. The predicted octanol–water partition coefficient (Wildman–Crippen LogP) is 1.88. The fourth-order valence-electron chi connectivity index (χ4n) is 1.89. The molecular weight excluding hydrogens is 298 g/mol. The summed E-state index contributed by atoms with van der Waals surface area (Å²) in [4.78, 5) is 20.4. The van der Waals surface area contributed by atoms with E-state index in [0.29, 0.717) is 33.4 Å². The zero-order valence-electron chi connectivity index (χ0n) is 11.2. The molecule has 0 amide bonds. The normalized spacial score (nSPS) is 12.5. The lowest BCUT2D eigenvalue weighted by Crippen LogP contribution is -2.07. The first-order valence-electron chi connectivity index (χ1n) is 6.02. The van der Waals surface area contributed by atoms with Gasteiger partial charge < -0.3 is 10.4 Å². The number of aryl methyl sites for hydroxylation is 1. The average molecular weight is 313 g/mol. The highest BCUT2D eigenvalue weighted by atomic mass is 32.2. The van der Waals surface area contributed by atoms with Crippen molar-refractivity contribution in [2.24, 2.45) is 0 Å². The van der Waals surface area contributed by atoms with Gasteiger partial charge in [0.25, 0.3) is 0 Å². The summed E-state index contributed by atoms with van der Waals surface area (Å²) in [6.45, 7) is 2.40. The van der Waals surface area contributed by atoms with Crippen LogP contribution in [0, 0.1) is 6.92 Å². The second kappa shape index (κ2) is 6.27. The first-order chi connectivity index (χ1) is 9.50. The molecule has 108 valence electrons. The van der Waals surface area contributed by atoms with Crippen LogP contribution >= 0.6 is 11.3 Å². The Morgan fingerprint density at radius 2 is 2.25 bits per heavy atom. The highest BCUT2D eigenvalue weighted by Crippen LogP contribution is 2.33. The third-order valence-electron chi connectivity index (χ3n) is 2.82. The second-order valence-corrected chi connectivity index (χ2v) is 6.88. The van der Waals surface area contributed by atoms with Crippen LogP contribution in [0.15, 0.2) is 6.33 Å². The van der Waals surface area contributed by atoms with E-state index in [4.69, 9.17) is 5.11 Å². The summed E-state index contributed by atoms with van der Waals surface area (Å²) in [5.41, 5.74) is 0.680. The minimum Gasteiger partial charge on any atom is -0.477 e. The lowest BCUT2D eigenvalue weighted by atomic mass is 10.2. The summed E-state index contributed by atoms with van der Waals surface area (Å²) < 4.78 is 11.0. The van der Waals surface area contributed by atoms with Crippen molar-refractivity contribution in [1.82, 2.24) is 9.97 Å². The quantitative estimate of drug-likeness (QED) is 0.791. The summed E-state index contributed by atoms with van der Waals surface area (Å²) in [5, 5.41) is 13.1. The lowest BCUT2D eigenvalue weighted by molar-refractivity contribution is 0.0701. The molecule has 0 bridgehead atoms. The first-order valence-corrected chi connectivity index (χ1v) is 8.56. The standard InChI is InChI=1S/C12H15N3O3S2/c1-7-8-10(13-4-3-5-20(2)18)14-6-15-11(8)19-9(7)12(16)17/h6H,3-5H2,1-2H3,(H,16,17)(H,13,14,15). The summed E-state index contributed by atoms with van der Waals surface area (Å²) in [5.74, 6) is 0.320.